The molecule has 0 spiro atoms. The Morgan fingerprint density at radius 1 is 1.22 bits per heavy atom. The van der Waals surface area contributed by atoms with E-state index in [1.54, 1.807) is 15.8 Å². The van der Waals surface area contributed by atoms with Crippen LogP contribution in [0, 0.1) is 6.92 Å². The number of amides is 1. The highest BCUT2D eigenvalue weighted by atomic mass is 16.5. The van der Waals surface area contributed by atoms with Gasteiger partial charge in [-0.2, -0.15) is 5.10 Å². The number of hydrogen-bond acceptors (Lipinski definition) is 3. The van der Waals surface area contributed by atoms with Crippen molar-refractivity contribution in [3.63, 3.8) is 0 Å². The SMILES string of the molecule is Cc1ccc2c(c1)-c1c(cnn1CC(=O)N(C)CCc1ccccc1)CO2. The summed E-state index contributed by atoms with van der Waals surface area (Å²) < 4.78 is 7.61. The third kappa shape index (κ3) is 3.58. The molecule has 1 aliphatic rings. The molecular formula is C22H23N3O2. The van der Waals surface area contributed by atoms with Crippen LogP contribution in [0.15, 0.2) is 54.7 Å². The van der Waals surface area contributed by atoms with Crippen molar-refractivity contribution in [1.29, 1.82) is 0 Å². The van der Waals surface area contributed by atoms with Gasteiger partial charge in [0.05, 0.1) is 11.9 Å². The van der Waals surface area contributed by atoms with E-state index < -0.39 is 0 Å². The van der Waals surface area contributed by atoms with Crippen LogP contribution < -0.4 is 4.74 Å². The molecule has 138 valence electrons. The van der Waals surface area contributed by atoms with E-state index in [-0.39, 0.29) is 12.5 Å². The molecule has 2 aromatic carbocycles. The topological polar surface area (TPSA) is 47.4 Å². The van der Waals surface area contributed by atoms with Gasteiger partial charge in [-0.15, -0.1) is 0 Å². The quantitative estimate of drug-likeness (QED) is 0.699. The van der Waals surface area contributed by atoms with Crippen molar-refractivity contribution >= 4 is 5.91 Å². The van der Waals surface area contributed by atoms with Gasteiger partial charge in [0.2, 0.25) is 5.91 Å². The molecule has 0 aliphatic carbocycles. The third-order valence-corrected chi connectivity index (χ3v) is 4.98. The van der Waals surface area contributed by atoms with Gasteiger partial charge in [-0.25, -0.2) is 0 Å². The lowest BCUT2D eigenvalue weighted by molar-refractivity contribution is -0.130. The van der Waals surface area contributed by atoms with Crippen LogP contribution in [0.1, 0.15) is 16.7 Å². The van der Waals surface area contributed by atoms with Crippen LogP contribution >= 0.6 is 0 Å². The van der Waals surface area contributed by atoms with E-state index in [0.717, 1.165) is 34.6 Å². The van der Waals surface area contributed by atoms with E-state index in [1.165, 1.54) is 5.56 Å². The zero-order valence-electron chi connectivity index (χ0n) is 15.7. The number of aromatic nitrogens is 2. The first kappa shape index (κ1) is 17.3. The second-order valence-corrected chi connectivity index (χ2v) is 7.02. The number of carbonyl (C=O) groups excluding carboxylic acids is 1. The normalized spacial score (nSPS) is 12.1. The monoisotopic (exact) mass is 361 g/mol. The maximum absolute atomic E-state index is 12.7. The van der Waals surface area contributed by atoms with Crippen LogP contribution in [0.25, 0.3) is 11.3 Å². The van der Waals surface area contributed by atoms with Gasteiger partial charge in [0, 0.05) is 24.7 Å². The number of rotatable bonds is 5. The zero-order chi connectivity index (χ0) is 18.8. The average molecular weight is 361 g/mol. The Morgan fingerprint density at radius 2 is 2.04 bits per heavy atom. The van der Waals surface area contributed by atoms with Crippen LogP contribution in [0.2, 0.25) is 0 Å². The molecule has 27 heavy (non-hydrogen) atoms. The minimum atomic E-state index is 0.0533. The fraction of sp³-hybridized carbons (Fsp3) is 0.273. The molecule has 0 unspecified atom stereocenters. The number of carbonyl (C=O) groups is 1. The molecule has 4 rings (SSSR count). The molecule has 2 heterocycles. The van der Waals surface area contributed by atoms with Gasteiger partial charge >= 0.3 is 0 Å². The molecule has 0 radical (unpaired) electrons. The summed E-state index contributed by atoms with van der Waals surface area (Å²) in [5.74, 6) is 0.900. The lowest BCUT2D eigenvalue weighted by Crippen LogP contribution is -2.32. The molecule has 0 bridgehead atoms. The first-order valence-electron chi connectivity index (χ1n) is 9.18. The molecule has 0 fully saturated rings. The van der Waals surface area contributed by atoms with Crippen LogP contribution in [0.3, 0.4) is 0 Å². The minimum absolute atomic E-state index is 0.0533. The highest BCUT2D eigenvalue weighted by Crippen LogP contribution is 2.37. The summed E-state index contributed by atoms with van der Waals surface area (Å²) in [5.41, 5.74) is 5.41. The Labute approximate surface area is 159 Å². The molecule has 0 N–H and O–H groups in total. The van der Waals surface area contributed by atoms with Crippen molar-refractivity contribution in [2.45, 2.75) is 26.5 Å². The Hall–Kier alpha value is -3.08. The van der Waals surface area contributed by atoms with Gasteiger partial charge in [0.25, 0.3) is 0 Å². The van der Waals surface area contributed by atoms with Crippen LogP contribution in [-0.2, 0) is 24.4 Å². The summed E-state index contributed by atoms with van der Waals surface area (Å²) in [6.07, 6.45) is 2.65. The fourth-order valence-corrected chi connectivity index (χ4v) is 3.39. The van der Waals surface area contributed by atoms with Gasteiger partial charge in [0.1, 0.15) is 18.9 Å². The standard InChI is InChI=1S/C22H23N3O2/c1-16-8-9-20-19(12-16)22-18(15-27-20)13-23-25(22)14-21(26)24(2)11-10-17-6-4-3-5-7-17/h3-9,12-13H,10-11,14-15H2,1-2H3. The van der Waals surface area contributed by atoms with E-state index in [2.05, 4.69) is 30.2 Å². The molecule has 5 nitrogen and oxygen atoms in total. The summed E-state index contributed by atoms with van der Waals surface area (Å²) in [5, 5.41) is 4.46. The van der Waals surface area contributed by atoms with Gasteiger partial charge in [-0.3, -0.25) is 9.48 Å². The predicted octanol–water partition coefficient (Wildman–Crippen LogP) is 3.45. The van der Waals surface area contributed by atoms with E-state index in [0.29, 0.717) is 13.2 Å². The number of likely N-dealkylation sites (N-methyl/N-ethyl adjacent to an activating group) is 1. The van der Waals surface area contributed by atoms with Gasteiger partial charge in [-0.1, -0.05) is 42.0 Å². The minimum Gasteiger partial charge on any atom is -0.488 e. The molecule has 0 saturated heterocycles. The maximum Gasteiger partial charge on any atom is 0.244 e. The van der Waals surface area contributed by atoms with Crippen LogP contribution in [-0.4, -0.2) is 34.2 Å². The Kier molecular flexibility index (Phi) is 4.67. The van der Waals surface area contributed by atoms with Crippen molar-refractivity contribution in [1.82, 2.24) is 14.7 Å². The average Bonchev–Trinajstić information content (AvgIpc) is 3.10. The highest BCUT2D eigenvalue weighted by molar-refractivity contribution is 5.78. The van der Waals surface area contributed by atoms with Crippen molar-refractivity contribution in [2.75, 3.05) is 13.6 Å². The van der Waals surface area contributed by atoms with E-state index >= 15 is 0 Å². The van der Waals surface area contributed by atoms with Crippen LogP contribution in [0.5, 0.6) is 5.75 Å². The molecule has 0 saturated carbocycles. The second-order valence-electron chi connectivity index (χ2n) is 7.02. The third-order valence-electron chi connectivity index (χ3n) is 4.98. The summed E-state index contributed by atoms with van der Waals surface area (Å²) in [7, 11) is 1.85. The largest absolute Gasteiger partial charge is 0.488 e. The Morgan fingerprint density at radius 3 is 2.85 bits per heavy atom. The number of aryl methyl sites for hydroxylation is 1. The number of fused-ring (bicyclic) bond motifs is 3. The lowest BCUT2D eigenvalue weighted by atomic mass is 10.0. The van der Waals surface area contributed by atoms with Crippen molar-refractivity contribution in [2.24, 2.45) is 0 Å². The molecule has 1 amide bonds. The number of benzene rings is 2. The van der Waals surface area contributed by atoms with Crippen molar-refractivity contribution in [3.8, 4) is 17.0 Å². The molecule has 0 atom stereocenters. The van der Waals surface area contributed by atoms with E-state index in [1.807, 2.05) is 37.4 Å². The smallest absolute Gasteiger partial charge is 0.244 e. The van der Waals surface area contributed by atoms with Crippen molar-refractivity contribution in [3.05, 3.63) is 71.4 Å². The second kappa shape index (κ2) is 7.27. The zero-order valence-corrected chi connectivity index (χ0v) is 15.7. The maximum atomic E-state index is 12.7. The van der Waals surface area contributed by atoms with Crippen LogP contribution in [0.4, 0.5) is 0 Å². The molecule has 1 aliphatic heterocycles. The number of ether oxygens (including phenoxy) is 1. The Balaban J connectivity index is 1.49. The summed E-state index contributed by atoms with van der Waals surface area (Å²) in [6.45, 7) is 3.46. The van der Waals surface area contributed by atoms with Crippen molar-refractivity contribution < 1.29 is 9.53 Å². The fourth-order valence-electron chi connectivity index (χ4n) is 3.39. The summed E-state index contributed by atoms with van der Waals surface area (Å²) in [6, 6.07) is 16.3. The first-order chi connectivity index (χ1) is 13.1. The number of hydrogen-bond donors (Lipinski definition) is 0. The molecule has 1 aromatic heterocycles. The molecular weight excluding hydrogens is 338 g/mol. The highest BCUT2D eigenvalue weighted by Gasteiger charge is 2.23. The van der Waals surface area contributed by atoms with Gasteiger partial charge in [0.15, 0.2) is 0 Å². The first-order valence-corrected chi connectivity index (χ1v) is 9.18. The number of nitrogens with zero attached hydrogens (tertiary/aromatic N) is 3. The predicted molar refractivity (Wildman–Crippen MR) is 105 cm³/mol. The summed E-state index contributed by atoms with van der Waals surface area (Å²) >= 11 is 0. The lowest BCUT2D eigenvalue weighted by Gasteiger charge is -2.21. The van der Waals surface area contributed by atoms with E-state index in [9.17, 15) is 4.79 Å². The van der Waals surface area contributed by atoms with Gasteiger partial charge < -0.3 is 9.64 Å². The van der Waals surface area contributed by atoms with E-state index in [4.69, 9.17) is 4.74 Å². The Bertz CT molecular complexity index is 963. The molecule has 3 aromatic rings. The molecule has 5 heteroatoms. The van der Waals surface area contributed by atoms with Gasteiger partial charge in [-0.05, 0) is 31.0 Å². The summed E-state index contributed by atoms with van der Waals surface area (Å²) in [4.78, 5) is 14.5.